The minimum atomic E-state index is -3.62. The van der Waals surface area contributed by atoms with Crippen LogP contribution in [-0.4, -0.2) is 20.8 Å². The molecule has 40 heavy (non-hydrogen) atoms. The van der Waals surface area contributed by atoms with Crippen LogP contribution in [0.15, 0.2) is 81.5 Å². The van der Waals surface area contributed by atoms with E-state index in [1.54, 1.807) is 0 Å². The van der Waals surface area contributed by atoms with E-state index < -0.39 is 16.2 Å². The zero-order chi connectivity index (χ0) is 30.7. The summed E-state index contributed by atoms with van der Waals surface area (Å²) in [5.74, 6) is -0.0591. The maximum atomic E-state index is 12.3. The van der Waals surface area contributed by atoms with Crippen LogP contribution < -0.4 is 0 Å². The molecule has 0 rings (SSSR count). The molecule has 2 atom stereocenters. The molecule has 0 aromatic carbocycles. The number of rotatable bonds is 19. The number of allylic oxidation sites excluding steroid dienone is 12. The van der Waals surface area contributed by atoms with Crippen molar-refractivity contribution in [2.45, 2.75) is 133 Å². The largest absolute Gasteiger partial charge is 0.264 e. The molecule has 0 aliphatic heterocycles. The average molecular weight is 573 g/mol. The Labute approximate surface area is 249 Å². The molecule has 0 N–H and O–H groups in total. The van der Waals surface area contributed by atoms with Crippen molar-refractivity contribution >= 4 is 10.1 Å². The second-order valence-corrected chi connectivity index (χ2v) is 13.9. The molecule has 3 nitrogen and oxygen atoms in total. The highest BCUT2D eigenvalue weighted by atomic mass is 32.2. The Morgan fingerprint density at radius 1 is 0.550 bits per heavy atom. The zero-order valence-corrected chi connectivity index (χ0v) is 28.5. The summed E-state index contributed by atoms with van der Waals surface area (Å²) in [6.45, 7) is 21.4. The highest BCUT2D eigenvalue weighted by Crippen LogP contribution is 2.25. The van der Waals surface area contributed by atoms with E-state index >= 15 is 0 Å². The molecule has 0 aliphatic carbocycles. The lowest BCUT2D eigenvalue weighted by Crippen LogP contribution is -2.24. The van der Waals surface area contributed by atoms with Crippen molar-refractivity contribution in [1.29, 1.82) is 0 Å². The maximum Gasteiger partial charge on any atom is 0.264 e. The fourth-order valence-corrected chi connectivity index (χ4v) is 4.99. The third kappa shape index (κ3) is 22.9. The smallest absolute Gasteiger partial charge is 0.262 e. The van der Waals surface area contributed by atoms with Gasteiger partial charge in [-0.3, -0.25) is 4.18 Å². The van der Waals surface area contributed by atoms with Crippen molar-refractivity contribution in [3.05, 3.63) is 81.5 Å². The van der Waals surface area contributed by atoms with Crippen molar-refractivity contribution in [2.75, 3.05) is 6.26 Å². The Kier molecular flexibility index (Phi) is 19.9. The lowest BCUT2D eigenvalue weighted by molar-refractivity contribution is 0.210. The Hall–Kier alpha value is -1.91. The fraction of sp³-hybridized carbons (Fsp3) is 0.611. The molecule has 0 amide bonds. The topological polar surface area (TPSA) is 43.4 Å². The molecule has 0 radical (unpaired) electrons. The van der Waals surface area contributed by atoms with E-state index in [1.165, 1.54) is 33.4 Å². The van der Waals surface area contributed by atoms with E-state index in [0.717, 1.165) is 69.6 Å². The van der Waals surface area contributed by atoms with Crippen LogP contribution in [0.5, 0.6) is 0 Å². The van der Waals surface area contributed by atoms with Crippen molar-refractivity contribution in [1.82, 2.24) is 0 Å². The summed E-state index contributed by atoms with van der Waals surface area (Å²) in [4.78, 5) is 0. The maximum absolute atomic E-state index is 12.3. The molecular weight excluding hydrogens is 512 g/mol. The van der Waals surface area contributed by atoms with Gasteiger partial charge in [-0.05, 0) is 127 Å². The van der Waals surface area contributed by atoms with Gasteiger partial charge in [0.05, 0.1) is 6.26 Å². The highest BCUT2D eigenvalue weighted by molar-refractivity contribution is 7.86. The average Bonchev–Trinajstić information content (AvgIpc) is 2.79. The van der Waals surface area contributed by atoms with E-state index in [-0.39, 0.29) is 5.92 Å². The Bertz CT molecular complexity index is 1060. The fourth-order valence-electron chi connectivity index (χ4n) is 4.39. The van der Waals surface area contributed by atoms with Crippen molar-refractivity contribution < 1.29 is 12.6 Å². The Morgan fingerprint density at radius 3 is 1.35 bits per heavy atom. The SMILES string of the molecule is CC(C)=CCCC(C)=CCCC(C)=CCC(/C=C(\C)CCC=C(C)C)C(/C=C(\C)CCC=C(C)C)OS(C)(=O)=O. The van der Waals surface area contributed by atoms with E-state index in [2.05, 4.69) is 106 Å². The summed E-state index contributed by atoms with van der Waals surface area (Å²) in [5.41, 5.74) is 9.17. The molecule has 0 fully saturated rings. The Balaban J connectivity index is 5.88. The van der Waals surface area contributed by atoms with E-state index in [0.29, 0.717) is 0 Å². The van der Waals surface area contributed by atoms with Gasteiger partial charge in [-0.1, -0.05) is 81.5 Å². The minimum Gasteiger partial charge on any atom is -0.262 e. The van der Waals surface area contributed by atoms with Gasteiger partial charge in [0.1, 0.15) is 6.10 Å². The standard InChI is InChI=1S/C36H60O3S/c1-28(2)16-12-19-31(7)20-15-21-32(8)24-25-35(26-33(9)22-13-17-29(3)4)36(39-40(11,37)38)27-34(10)23-14-18-30(5)6/h16-18,20,24,26-27,35-36H,12-15,19,21-23,25H2,1-11H3/b31-20?,32-24?,33-26+,34-27+. The van der Waals surface area contributed by atoms with E-state index in [4.69, 9.17) is 4.18 Å². The second kappa shape index (κ2) is 20.9. The first-order valence-corrected chi connectivity index (χ1v) is 16.8. The van der Waals surface area contributed by atoms with Gasteiger partial charge in [-0.2, -0.15) is 8.42 Å². The third-order valence-corrected chi connectivity index (χ3v) is 7.27. The molecule has 0 saturated heterocycles. The van der Waals surface area contributed by atoms with Gasteiger partial charge < -0.3 is 0 Å². The van der Waals surface area contributed by atoms with Gasteiger partial charge >= 0.3 is 0 Å². The zero-order valence-electron chi connectivity index (χ0n) is 27.7. The first-order valence-electron chi connectivity index (χ1n) is 15.0. The highest BCUT2D eigenvalue weighted by Gasteiger charge is 2.22. The van der Waals surface area contributed by atoms with Crippen LogP contribution in [0.3, 0.4) is 0 Å². The van der Waals surface area contributed by atoms with Gasteiger partial charge in [-0.15, -0.1) is 0 Å². The van der Waals surface area contributed by atoms with Crippen LogP contribution in [0.1, 0.15) is 127 Å². The van der Waals surface area contributed by atoms with Crippen LogP contribution >= 0.6 is 0 Å². The summed E-state index contributed by atoms with van der Waals surface area (Å²) in [6.07, 6.45) is 25.1. The monoisotopic (exact) mass is 572 g/mol. The molecular formula is C36H60O3S. The number of hydrogen-bond acceptors (Lipinski definition) is 3. The normalized spacial score (nSPS) is 15.0. The van der Waals surface area contributed by atoms with E-state index in [9.17, 15) is 8.42 Å². The summed E-state index contributed by atoms with van der Waals surface area (Å²) >= 11 is 0. The van der Waals surface area contributed by atoms with Crippen LogP contribution in [0.25, 0.3) is 0 Å². The van der Waals surface area contributed by atoms with Crippen LogP contribution in [0.2, 0.25) is 0 Å². The lowest BCUT2D eigenvalue weighted by Gasteiger charge is -2.22. The summed E-state index contributed by atoms with van der Waals surface area (Å²) in [5, 5.41) is 0. The molecule has 0 spiro atoms. The molecule has 0 saturated carbocycles. The molecule has 0 aliphatic rings. The van der Waals surface area contributed by atoms with Gasteiger partial charge in [0.15, 0.2) is 0 Å². The first-order chi connectivity index (χ1) is 18.6. The molecule has 4 heteroatoms. The van der Waals surface area contributed by atoms with Crippen LogP contribution in [0.4, 0.5) is 0 Å². The molecule has 2 unspecified atom stereocenters. The van der Waals surface area contributed by atoms with Gasteiger partial charge in [0.2, 0.25) is 0 Å². The van der Waals surface area contributed by atoms with Gasteiger partial charge in [-0.25, -0.2) is 0 Å². The van der Waals surface area contributed by atoms with Gasteiger partial charge in [0.25, 0.3) is 10.1 Å². The molecule has 0 aromatic rings. The predicted molar refractivity (Wildman–Crippen MR) is 178 cm³/mol. The van der Waals surface area contributed by atoms with E-state index in [1.807, 2.05) is 6.08 Å². The van der Waals surface area contributed by atoms with Crippen LogP contribution in [-0.2, 0) is 14.3 Å². The predicted octanol–water partition coefficient (Wildman–Crippen LogP) is 11.1. The van der Waals surface area contributed by atoms with Crippen LogP contribution in [0, 0.1) is 5.92 Å². The molecule has 0 aromatic heterocycles. The minimum absolute atomic E-state index is 0.0591. The van der Waals surface area contributed by atoms with Crippen molar-refractivity contribution in [3.8, 4) is 0 Å². The van der Waals surface area contributed by atoms with Gasteiger partial charge in [0, 0.05) is 5.92 Å². The second-order valence-electron chi connectivity index (χ2n) is 12.3. The molecule has 228 valence electrons. The number of hydrogen-bond donors (Lipinski definition) is 0. The third-order valence-electron chi connectivity index (χ3n) is 6.70. The molecule has 0 bridgehead atoms. The first kappa shape index (κ1) is 38.1. The van der Waals surface area contributed by atoms with Crippen molar-refractivity contribution in [2.24, 2.45) is 5.92 Å². The summed E-state index contributed by atoms with van der Waals surface area (Å²) < 4.78 is 30.3. The molecule has 0 heterocycles. The summed E-state index contributed by atoms with van der Waals surface area (Å²) in [7, 11) is -3.62. The van der Waals surface area contributed by atoms with Crippen molar-refractivity contribution in [3.63, 3.8) is 0 Å². The Morgan fingerprint density at radius 2 is 0.925 bits per heavy atom. The lowest BCUT2D eigenvalue weighted by atomic mass is 9.91. The quantitative estimate of drug-likeness (QED) is 0.114. The summed E-state index contributed by atoms with van der Waals surface area (Å²) in [6, 6.07) is 0.